The van der Waals surface area contributed by atoms with E-state index in [1.807, 2.05) is 42.5 Å². The van der Waals surface area contributed by atoms with Gasteiger partial charge in [-0.2, -0.15) is 0 Å². The van der Waals surface area contributed by atoms with E-state index in [4.69, 9.17) is 5.11 Å². The molecule has 3 aromatic carbocycles. The average molecular weight is 423 g/mol. The van der Waals surface area contributed by atoms with Gasteiger partial charge in [0, 0.05) is 10.3 Å². The van der Waals surface area contributed by atoms with E-state index in [0.29, 0.717) is 23.1 Å². The van der Waals surface area contributed by atoms with Crippen molar-refractivity contribution in [3.8, 4) is 0 Å². The molecule has 0 radical (unpaired) electrons. The minimum atomic E-state index is -0.786. The summed E-state index contributed by atoms with van der Waals surface area (Å²) in [6, 6.07) is 19.8. The topological polar surface area (TPSA) is 37.3 Å². The fraction of sp³-hybridized carbons (Fsp3) is 0.346. The second-order valence-electron chi connectivity index (χ2n) is 8.45. The van der Waals surface area contributed by atoms with Crippen molar-refractivity contribution < 1.29 is 14.3 Å². The Morgan fingerprint density at radius 1 is 1.07 bits per heavy atom. The van der Waals surface area contributed by atoms with Crippen LogP contribution in [0.4, 0.5) is 4.39 Å². The summed E-state index contributed by atoms with van der Waals surface area (Å²) < 4.78 is 14.2. The largest absolute Gasteiger partial charge is 0.481 e. The quantitative estimate of drug-likeness (QED) is 0.408. The van der Waals surface area contributed by atoms with Crippen molar-refractivity contribution in [1.29, 1.82) is 0 Å². The van der Waals surface area contributed by atoms with Crippen LogP contribution in [0.25, 0.3) is 10.8 Å². The molecule has 0 aliphatic heterocycles. The fourth-order valence-corrected chi connectivity index (χ4v) is 5.53. The zero-order valence-electron chi connectivity index (χ0n) is 17.2. The number of hydrogen-bond donors (Lipinski definition) is 1. The summed E-state index contributed by atoms with van der Waals surface area (Å²) in [5.74, 6) is 0.814. The molecule has 0 bridgehead atoms. The van der Waals surface area contributed by atoms with Gasteiger partial charge in [0.25, 0.3) is 0 Å². The molecule has 0 saturated heterocycles. The van der Waals surface area contributed by atoms with Crippen molar-refractivity contribution in [3.05, 3.63) is 77.6 Å². The second kappa shape index (κ2) is 9.22. The maximum atomic E-state index is 14.2. The lowest BCUT2D eigenvalue weighted by Crippen LogP contribution is -2.04. The third kappa shape index (κ3) is 4.70. The van der Waals surface area contributed by atoms with Gasteiger partial charge >= 0.3 is 5.97 Å². The zero-order chi connectivity index (χ0) is 21.1. The molecule has 2 nitrogen and oxygen atoms in total. The number of aliphatic carboxylic acids is 1. The molecule has 1 fully saturated rings. The van der Waals surface area contributed by atoms with Gasteiger partial charge in [0.2, 0.25) is 0 Å². The Bertz CT molecular complexity index is 1030. The summed E-state index contributed by atoms with van der Waals surface area (Å²) in [6.45, 7) is 2.27. The fourth-order valence-electron chi connectivity index (χ4n) is 4.92. The van der Waals surface area contributed by atoms with Crippen LogP contribution < -0.4 is 0 Å². The van der Waals surface area contributed by atoms with E-state index < -0.39 is 5.97 Å². The van der Waals surface area contributed by atoms with Crippen LogP contribution in [0.15, 0.2) is 65.6 Å². The van der Waals surface area contributed by atoms with Gasteiger partial charge in [0.15, 0.2) is 0 Å². The number of benzene rings is 3. The van der Waals surface area contributed by atoms with Gasteiger partial charge in [-0.15, -0.1) is 11.8 Å². The van der Waals surface area contributed by atoms with E-state index in [9.17, 15) is 9.18 Å². The smallest absolute Gasteiger partial charge is 0.313 e. The van der Waals surface area contributed by atoms with E-state index in [0.717, 1.165) is 16.7 Å². The van der Waals surface area contributed by atoms with E-state index in [1.165, 1.54) is 42.2 Å². The highest BCUT2D eigenvalue weighted by Gasteiger charge is 2.27. The number of carboxylic acid groups (broad SMARTS) is 1. The minimum Gasteiger partial charge on any atom is -0.481 e. The predicted octanol–water partition coefficient (Wildman–Crippen LogP) is 7.23. The van der Waals surface area contributed by atoms with Crippen molar-refractivity contribution in [1.82, 2.24) is 0 Å². The van der Waals surface area contributed by atoms with Crippen LogP contribution in [-0.4, -0.2) is 16.8 Å². The number of carbonyl (C=O) groups is 1. The molecule has 30 heavy (non-hydrogen) atoms. The predicted molar refractivity (Wildman–Crippen MR) is 122 cm³/mol. The summed E-state index contributed by atoms with van der Waals surface area (Å²) in [6.07, 6.45) is 4.73. The molecular weight excluding hydrogens is 395 g/mol. The monoisotopic (exact) mass is 422 g/mol. The number of fused-ring (bicyclic) bond motifs is 1. The summed E-state index contributed by atoms with van der Waals surface area (Å²) in [4.78, 5) is 11.7. The average Bonchev–Trinajstić information content (AvgIpc) is 3.21. The normalized spacial score (nSPS) is 19.8. The van der Waals surface area contributed by atoms with E-state index >= 15 is 0 Å². The Morgan fingerprint density at radius 3 is 2.53 bits per heavy atom. The van der Waals surface area contributed by atoms with Crippen LogP contribution in [0.5, 0.6) is 0 Å². The maximum Gasteiger partial charge on any atom is 0.313 e. The Hall–Kier alpha value is -2.33. The summed E-state index contributed by atoms with van der Waals surface area (Å²) in [7, 11) is 0. The van der Waals surface area contributed by atoms with E-state index in [1.54, 1.807) is 6.07 Å². The Balaban J connectivity index is 1.39. The zero-order valence-corrected chi connectivity index (χ0v) is 18.0. The second-order valence-corrected chi connectivity index (χ2v) is 9.50. The van der Waals surface area contributed by atoms with Crippen molar-refractivity contribution in [2.45, 2.75) is 49.3 Å². The van der Waals surface area contributed by atoms with E-state index in [2.05, 4.69) is 19.1 Å². The first-order valence-electron chi connectivity index (χ1n) is 10.6. The van der Waals surface area contributed by atoms with Gasteiger partial charge in [-0.25, -0.2) is 4.39 Å². The van der Waals surface area contributed by atoms with Crippen LogP contribution in [0.2, 0.25) is 0 Å². The highest BCUT2D eigenvalue weighted by molar-refractivity contribution is 8.00. The van der Waals surface area contributed by atoms with Crippen molar-refractivity contribution >= 4 is 28.5 Å². The molecule has 0 unspecified atom stereocenters. The van der Waals surface area contributed by atoms with Crippen LogP contribution in [0.1, 0.15) is 55.6 Å². The standard InChI is InChI=1S/C26H27FO2S/c1-17(22-12-13-25(27)24-5-3-2-4-23(22)24)14-18-6-7-20(15-18)19-8-10-21(11-9-19)30-16-26(28)29/h2-5,8-13,17-18,20H,6-7,14-16H2,1H3,(H,28,29)/t17-,18+,20+/m0/s1. The van der Waals surface area contributed by atoms with Crippen LogP contribution >= 0.6 is 11.8 Å². The van der Waals surface area contributed by atoms with Gasteiger partial charge < -0.3 is 5.11 Å². The number of carboxylic acids is 1. The molecule has 1 aliphatic carbocycles. The van der Waals surface area contributed by atoms with Crippen LogP contribution in [0.3, 0.4) is 0 Å². The first-order valence-corrected chi connectivity index (χ1v) is 11.6. The third-order valence-electron chi connectivity index (χ3n) is 6.38. The molecule has 156 valence electrons. The number of rotatable bonds is 7. The molecule has 1 saturated carbocycles. The van der Waals surface area contributed by atoms with Crippen molar-refractivity contribution in [2.24, 2.45) is 5.92 Å². The molecule has 1 aliphatic rings. The lowest BCUT2D eigenvalue weighted by Gasteiger charge is -2.19. The van der Waals surface area contributed by atoms with Gasteiger partial charge in [0.05, 0.1) is 5.75 Å². The first kappa shape index (κ1) is 20.9. The number of hydrogen-bond acceptors (Lipinski definition) is 2. The molecule has 0 heterocycles. The van der Waals surface area contributed by atoms with Crippen molar-refractivity contribution in [2.75, 3.05) is 5.75 Å². The molecule has 0 aromatic heterocycles. The number of halogens is 1. The molecule has 0 spiro atoms. The molecule has 3 aromatic rings. The van der Waals surface area contributed by atoms with E-state index in [-0.39, 0.29) is 11.6 Å². The Kier molecular flexibility index (Phi) is 6.43. The Labute approximate surface area is 181 Å². The summed E-state index contributed by atoms with van der Waals surface area (Å²) >= 11 is 1.36. The Morgan fingerprint density at radius 2 is 1.80 bits per heavy atom. The lowest BCUT2D eigenvalue weighted by molar-refractivity contribution is -0.133. The van der Waals surface area contributed by atoms with Gasteiger partial charge in [0.1, 0.15) is 5.82 Å². The SMILES string of the molecule is C[C@@H](C[C@H]1CC[C@@H](c2ccc(SCC(=O)O)cc2)C1)c1ccc(F)c2ccccc12. The molecule has 0 amide bonds. The number of thioether (sulfide) groups is 1. The first-order chi connectivity index (χ1) is 14.5. The lowest BCUT2D eigenvalue weighted by atomic mass is 9.86. The molecule has 3 atom stereocenters. The van der Waals surface area contributed by atoms with Gasteiger partial charge in [-0.1, -0.05) is 49.4 Å². The molecule has 1 N–H and O–H groups in total. The maximum absolute atomic E-state index is 14.2. The molecular formula is C26H27FO2S. The van der Waals surface area contributed by atoms with Gasteiger partial charge in [-0.05, 0) is 78.1 Å². The van der Waals surface area contributed by atoms with Crippen LogP contribution in [-0.2, 0) is 4.79 Å². The molecule has 4 rings (SSSR count). The third-order valence-corrected chi connectivity index (χ3v) is 7.37. The van der Waals surface area contributed by atoms with Gasteiger partial charge in [-0.3, -0.25) is 4.79 Å². The highest BCUT2D eigenvalue weighted by atomic mass is 32.2. The highest BCUT2D eigenvalue weighted by Crippen LogP contribution is 2.43. The summed E-state index contributed by atoms with van der Waals surface area (Å²) in [5.41, 5.74) is 2.60. The minimum absolute atomic E-state index is 0.0980. The van der Waals surface area contributed by atoms with Crippen LogP contribution in [0, 0.1) is 11.7 Å². The summed E-state index contributed by atoms with van der Waals surface area (Å²) in [5, 5.41) is 10.6. The van der Waals surface area contributed by atoms with Crippen molar-refractivity contribution in [3.63, 3.8) is 0 Å². The molecule has 4 heteroatoms.